The maximum absolute atomic E-state index is 12.6. The van der Waals surface area contributed by atoms with Crippen LogP contribution in [0.1, 0.15) is 175 Å². The number of benzene rings is 7. The Kier molecular flexibility index (Phi) is 41.8. The van der Waals surface area contributed by atoms with Gasteiger partial charge in [0.15, 0.2) is 20.6 Å². The number of nitrogens with zero attached hydrogens (tertiary/aromatic N) is 21. The first kappa shape index (κ1) is 112. The Morgan fingerprint density at radius 2 is 0.664 bits per heavy atom. The van der Waals surface area contributed by atoms with Crippen molar-refractivity contribution in [3.63, 3.8) is 0 Å². The van der Waals surface area contributed by atoms with Gasteiger partial charge < -0.3 is 18.9 Å². The minimum atomic E-state index is -0.930. The van der Waals surface area contributed by atoms with Crippen molar-refractivity contribution in [1.29, 1.82) is 26.3 Å². The number of thiazole rings is 5. The van der Waals surface area contributed by atoms with Gasteiger partial charge in [-0.25, -0.2) is 93.9 Å². The minimum absolute atomic E-state index is 0.0234. The number of nitro groups is 1. The molecule has 5 unspecified atom stereocenters. The number of hydrogen-bond donors (Lipinski definition) is 0. The topological polar surface area (TPSA) is 461 Å². The van der Waals surface area contributed by atoms with Gasteiger partial charge in [0.1, 0.15) is 76.9 Å². The van der Waals surface area contributed by atoms with E-state index in [1.54, 1.807) is 63.4 Å². The van der Waals surface area contributed by atoms with Crippen LogP contribution in [0.3, 0.4) is 0 Å². The molecule has 17 aromatic rings. The molecule has 7 aromatic carbocycles. The van der Waals surface area contributed by atoms with Crippen LogP contribution >= 0.6 is 159 Å². The summed E-state index contributed by atoms with van der Waals surface area (Å²) >= 11 is 30.9. The van der Waals surface area contributed by atoms with Gasteiger partial charge in [-0.2, -0.15) is 26.3 Å². The Labute approximate surface area is 920 Å². The number of ether oxygens (including phenoxy) is 4. The molecule has 0 aliphatic rings. The summed E-state index contributed by atoms with van der Waals surface area (Å²) < 4.78 is 22.6. The molecular weight excluding hydrogens is 2230 g/mol. The van der Waals surface area contributed by atoms with E-state index in [4.69, 9.17) is 47.1 Å². The molecule has 10 heterocycles. The average molecular weight is 2320 g/mol. The van der Waals surface area contributed by atoms with E-state index in [0.717, 1.165) is 76.4 Å². The predicted molar refractivity (Wildman–Crippen MR) is 586 cm³/mol. The highest BCUT2D eigenvalue weighted by Gasteiger charge is 2.34. The zero-order valence-corrected chi connectivity index (χ0v) is 91.9. The Morgan fingerprint density at radius 3 is 0.953 bits per heavy atom. The number of aryl methyl sites for hydroxylation is 2. The molecule has 5 atom stereocenters. The van der Waals surface area contributed by atoms with Gasteiger partial charge in [0.25, 0.3) is 5.69 Å². The number of nitro benzene ring substituents is 1. The van der Waals surface area contributed by atoms with Crippen molar-refractivity contribution in [3.05, 3.63) is 367 Å². The van der Waals surface area contributed by atoms with E-state index in [0.29, 0.717) is 96.2 Å². The lowest BCUT2D eigenvalue weighted by Gasteiger charge is -2.12. The van der Waals surface area contributed by atoms with Crippen LogP contribution in [0, 0.1) is 80.6 Å². The molecule has 31 nitrogen and oxygen atoms in total. The van der Waals surface area contributed by atoms with Crippen LogP contribution in [0.4, 0.5) is 5.69 Å². The maximum Gasteiger partial charge on any atom is 0.341 e. The lowest BCUT2D eigenvalue weighted by molar-refractivity contribution is -0.384. The number of rotatable bonds is 32. The molecule has 10 aromatic heterocycles. The number of thioether (sulfide) groups is 4. The molecule has 149 heavy (non-hydrogen) atoms. The Bertz CT molecular complexity index is 7600. The number of carbonyl (C=O) groups is 4. The number of halogens is 4. The molecule has 0 bridgehead atoms. The summed E-state index contributed by atoms with van der Waals surface area (Å²) in [6, 6.07) is 69.8. The normalized spacial score (nSPS) is 11.6. The van der Waals surface area contributed by atoms with E-state index in [-0.39, 0.29) is 65.3 Å². The van der Waals surface area contributed by atoms with Crippen molar-refractivity contribution in [3.8, 4) is 86.6 Å². The van der Waals surface area contributed by atoms with Crippen molar-refractivity contribution >= 4 is 188 Å². The predicted octanol–water partition coefficient (Wildman–Crippen LogP) is 26.4. The first-order chi connectivity index (χ1) is 72.3. The molecule has 0 spiro atoms. The van der Waals surface area contributed by atoms with Gasteiger partial charge in [0, 0.05) is 123 Å². The second-order valence-electron chi connectivity index (χ2n) is 30.7. The zero-order chi connectivity index (χ0) is 106. The highest BCUT2D eigenvalue weighted by atomic mass is 79.9. The number of carbonyl (C=O) groups excluding carboxylic acids is 4. The lowest BCUT2D eigenvalue weighted by atomic mass is 10.0. The summed E-state index contributed by atoms with van der Waals surface area (Å²) in [5.41, 5.74) is 14.6. The summed E-state index contributed by atoms with van der Waals surface area (Å²) in [7, 11) is 0. The lowest BCUT2D eigenvalue weighted by Crippen LogP contribution is -2.14. The molecule has 17 rings (SSSR count). The maximum atomic E-state index is 12.6. The largest absolute Gasteiger partial charge is 0.462 e. The third-order valence-electron chi connectivity index (χ3n) is 20.8. The highest BCUT2D eigenvalue weighted by Crippen LogP contribution is 2.41. The Balaban J connectivity index is 0.000000157. The summed E-state index contributed by atoms with van der Waals surface area (Å²) in [5.74, 6) is -4.86. The number of esters is 4. The summed E-state index contributed by atoms with van der Waals surface area (Å²) in [4.78, 5) is 127. The number of non-ortho nitro benzene ring substituents is 1. The Morgan fingerprint density at radius 1 is 0.383 bits per heavy atom. The van der Waals surface area contributed by atoms with E-state index >= 15 is 0 Å². The summed E-state index contributed by atoms with van der Waals surface area (Å²) in [6.07, 6.45) is 9.32. The van der Waals surface area contributed by atoms with E-state index in [1.165, 1.54) is 141 Å². The Hall–Kier alpha value is -14.2. The molecule has 0 fully saturated rings. The molecular formula is C105H81Br2Cl2N21O10S9. The number of hydrogen-bond acceptors (Lipinski definition) is 39. The SMILES string of the molecule is CCOC(=O)c1cnc(SC)nc1C(C#N)c1nc(-c2ccc(Br)cc2)cs1.CCOC(=O)c1cnc(SC)nc1C(C#N)c1nc(-c2ccc(Cl)cc2)cs1.CCOC(=O)c1cnc(SCc2ccccc2)nc1C(C#N)c1nc(-c2ccc(C)cc2)cs1.CCOC(=O)c1cnc(SCc2ccccc2)nc1C(C#N)c1nc(-c2ccc([N+](=O)[O-])cc2)cs1.Cc1cc(C(C#N)c2nc(-c3ccc(Br)cc3)cs2)nc(Cl)n1. The van der Waals surface area contributed by atoms with Gasteiger partial charge in [-0.05, 0) is 131 Å². The van der Waals surface area contributed by atoms with Crippen LogP contribution in [-0.2, 0) is 30.5 Å². The van der Waals surface area contributed by atoms with Crippen molar-refractivity contribution in [2.45, 2.75) is 103 Å². The monoisotopic (exact) mass is 2310 g/mol. The van der Waals surface area contributed by atoms with Crippen molar-refractivity contribution in [2.75, 3.05) is 38.9 Å². The fraction of sp³-hybridized carbons (Fsp3) is 0.181. The van der Waals surface area contributed by atoms with Gasteiger partial charge in [-0.3, -0.25) is 10.1 Å². The second kappa shape index (κ2) is 55.7. The standard InChI is InChI=1S/C26H22N4O2S2.C25H19N5O4S2.C19H15BrN4O2S2.C19H15ClN4O2S2.C16H10BrClN4S/c1-3-32-25(31)21-14-28-26(34-15-18-7-5-4-6-8-18)30-23(21)20(13-27)24-29-22(16-33-24)19-11-9-17(2)10-12-19;1-2-34-24(31)20-13-27-25(36-14-16-6-4-3-5-7-16)29-22(20)19(12-26)23-28-21(15-35-23)17-8-10-18(11-9-17)30(32)33;2*1-3-26-18(25)14-9-22-19(27-2)24-16(14)13(8-21)17-23-15(10-28-17)11-4-6-12(20)7-5-11;1-9-6-13(22-16(18)20-9)12(7-19)15-21-14(8-23-15)10-2-4-11(17)5-3-10/h4-12,14,16,20H,3,15H2,1-2H3;3-11,13,15,19H,2,14H2,1H3;2*4-7,9-10,13H,3H2,1-2H3;2-6,8,12H,1H3. The first-order valence-electron chi connectivity index (χ1n) is 44.7. The molecule has 0 radical (unpaired) electrons. The van der Waals surface area contributed by atoms with Gasteiger partial charge in [0.05, 0.1) is 119 Å². The van der Waals surface area contributed by atoms with Crippen LogP contribution in [0.2, 0.25) is 10.3 Å². The van der Waals surface area contributed by atoms with Gasteiger partial charge in [-0.1, -0.05) is 217 Å². The molecule has 0 aliphatic carbocycles. The van der Waals surface area contributed by atoms with Gasteiger partial charge >= 0.3 is 23.9 Å². The van der Waals surface area contributed by atoms with Crippen LogP contribution in [-0.4, -0.2) is 142 Å². The molecule has 0 saturated heterocycles. The fourth-order valence-electron chi connectivity index (χ4n) is 13.6. The fourth-order valence-corrected chi connectivity index (χ4v) is 21.1. The van der Waals surface area contributed by atoms with Gasteiger partial charge in [-0.15, -0.1) is 56.7 Å². The van der Waals surface area contributed by atoms with Crippen LogP contribution in [0.25, 0.3) is 56.3 Å². The van der Waals surface area contributed by atoms with Crippen LogP contribution in [0.5, 0.6) is 0 Å². The highest BCUT2D eigenvalue weighted by molar-refractivity contribution is 9.10. The molecule has 0 saturated carbocycles. The van der Waals surface area contributed by atoms with Gasteiger partial charge in [0.2, 0.25) is 5.28 Å². The minimum Gasteiger partial charge on any atom is -0.462 e. The van der Waals surface area contributed by atoms with E-state index in [2.05, 4.69) is 132 Å². The van der Waals surface area contributed by atoms with Crippen molar-refractivity contribution in [1.82, 2.24) is 74.8 Å². The number of nitriles is 5. The summed E-state index contributed by atoms with van der Waals surface area (Å²) in [6.45, 7) is 11.6. The molecule has 748 valence electrons. The summed E-state index contributed by atoms with van der Waals surface area (Å²) in [5, 5.41) is 75.1. The molecule has 0 aliphatic heterocycles. The first-order valence-corrected chi connectivity index (χ1v) is 55.9. The van der Waals surface area contributed by atoms with Crippen LogP contribution < -0.4 is 0 Å². The zero-order valence-electron chi connectivity index (χ0n) is 79.9. The molecule has 44 heteroatoms. The second-order valence-corrected chi connectivity index (χ2v) is 41.2. The third-order valence-corrected chi connectivity index (χ3v) is 29.8. The average Bonchev–Trinajstić information content (AvgIpc) is 1.72. The van der Waals surface area contributed by atoms with E-state index < -0.39 is 58.4 Å². The van der Waals surface area contributed by atoms with Crippen molar-refractivity contribution in [2.24, 2.45) is 0 Å². The van der Waals surface area contributed by atoms with E-state index in [1.807, 2.05) is 193 Å². The quantitative estimate of drug-likeness (QED) is 0.00943. The van der Waals surface area contributed by atoms with Crippen LogP contribution in [0.15, 0.2) is 269 Å². The molecule has 0 amide bonds. The third kappa shape index (κ3) is 30.3. The van der Waals surface area contributed by atoms with E-state index in [9.17, 15) is 55.6 Å². The number of aromatic nitrogens is 15. The molecule has 0 N–H and O–H groups in total. The van der Waals surface area contributed by atoms with Crippen molar-refractivity contribution < 1.29 is 43.0 Å². The smallest absolute Gasteiger partial charge is 0.341 e.